The highest BCUT2D eigenvalue weighted by molar-refractivity contribution is 6.36. The molecule has 150 valence electrons. The van der Waals surface area contributed by atoms with Gasteiger partial charge in [0.05, 0.1) is 6.42 Å². The van der Waals surface area contributed by atoms with E-state index in [1.807, 2.05) is 39.0 Å². The minimum atomic E-state index is -0.647. The lowest BCUT2D eigenvalue weighted by Gasteiger charge is -2.29. The number of aryl methyl sites for hydroxylation is 2. The van der Waals surface area contributed by atoms with Crippen molar-refractivity contribution in [1.29, 1.82) is 0 Å². The number of likely N-dealkylation sites (N-methyl/N-ethyl adjacent to an activating group) is 1. The van der Waals surface area contributed by atoms with Crippen molar-refractivity contribution < 1.29 is 9.59 Å². The molecule has 4 nitrogen and oxygen atoms in total. The van der Waals surface area contributed by atoms with Crippen LogP contribution in [0.25, 0.3) is 0 Å². The molecule has 1 atom stereocenters. The second-order valence-corrected chi connectivity index (χ2v) is 7.70. The van der Waals surface area contributed by atoms with Gasteiger partial charge in [0, 0.05) is 28.7 Å². The number of carbonyl (C=O) groups excluding carboxylic acids is 2. The van der Waals surface area contributed by atoms with Crippen LogP contribution in [0.15, 0.2) is 36.4 Å². The zero-order valence-corrected chi connectivity index (χ0v) is 18.2. The fourth-order valence-electron chi connectivity index (χ4n) is 2.95. The number of halogens is 2. The topological polar surface area (TPSA) is 49.4 Å². The molecular formula is C22H26Cl2N2O2. The molecule has 0 saturated carbocycles. The summed E-state index contributed by atoms with van der Waals surface area (Å²) in [6, 6.07) is 10.5. The Kier molecular flexibility index (Phi) is 7.90. The molecule has 28 heavy (non-hydrogen) atoms. The van der Waals surface area contributed by atoms with E-state index in [4.69, 9.17) is 23.2 Å². The van der Waals surface area contributed by atoms with E-state index < -0.39 is 6.04 Å². The normalized spacial score (nSPS) is 11.8. The maximum absolute atomic E-state index is 13.1. The van der Waals surface area contributed by atoms with Crippen molar-refractivity contribution in [3.05, 3.63) is 68.7 Å². The number of nitrogens with zero attached hydrogens (tertiary/aromatic N) is 1. The molecule has 0 fully saturated rings. The number of amides is 2. The number of hydrogen-bond acceptors (Lipinski definition) is 2. The van der Waals surface area contributed by atoms with E-state index in [1.54, 1.807) is 25.1 Å². The minimum Gasteiger partial charge on any atom is -0.355 e. The molecule has 0 aromatic heterocycles. The highest BCUT2D eigenvalue weighted by Crippen LogP contribution is 2.27. The predicted molar refractivity (Wildman–Crippen MR) is 115 cm³/mol. The van der Waals surface area contributed by atoms with Crippen molar-refractivity contribution in [2.24, 2.45) is 0 Å². The zero-order chi connectivity index (χ0) is 20.8. The predicted octanol–water partition coefficient (Wildman–Crippen LogP) is 4.71. The molecule has 0 saturated heterocycles. The fraction of sp³-hybridized carbons (Fsp3) is 0.364. The van der Waals surface area contributed by atoms with Gasteiger partial charge in [0.2, 0.25) is 11.8 Å². The summed E-state index contributed by atoms with van der Waals surface area (Å²) in [6.07, 6.45) is 0.201. The van der Waals surface area contributed by atoms with E-state index in [0.29, 0.717) is 22.2 Å². The van der Waals surface area contributed by atoms with Gasteiger partial charge in [-0.25, -0.2) is 0 Å². The highest BCUT2D eigenvalue weighted by Gasteiger charge is 2.27. The number of carbonyl (C=O) groups is 2. The third-order valence-electron chi connectivity index (χ3n) is 4.84. The van der Waals surface area contributed by atoms with Crippen LogP contribution in [0.4, 0.5) is 0 Å². The van der Waals surface area contributed by atoms with Gasteiger partial charge in [0.1, 0.15) is 6.04 Å². The number of hydrogen-bond donors (Lipinski definition) is 1. The fourth-order valence-corrected chi connectivity index (χ4v) is 3.46. The van der Waals surface area contributed by atoms with Gasteiger partial charge in [-0.1, -0.05) is 47.5 Å². The molecule has 0 heterocycles. The summed E-state index contributed by atoms with van der Waals surface area (Å²) in [5, 5.41) is 3.72. The van der Waals surface area contributed by atoms with Gasteiger partial charge in [-0.3, -0.25) is 9.59 Å². The molecule has 2 aromatic carbocycles. The molecule has 0 aliphatic carbocycles. The molecule has 0 aliphatic heterocycles. The van der Waals surface area contributed by atoms with Crippen LogP contribution in [-0.2, 0) is 22.6 Å². The van der Waals surface area contributed by atoms with Crippen LogP contribution in [0.3, 0.4) is 0 Å². The maximum Gasteiger partial charge on any atom is 0.242 e. The van der Waals surface area contributed by atoms with Crippen molar-refractivity contribution >= 4 is 35.0 Å². The Morgan fingerprint density at radius 2 is 1.71 bits per heavy atom. The van der Waals surface area contributed by atoms with Crippen molar-refractivity contribution in [3.63, 3.8) is 0 Å². The summed E-state index contributed by atoms with van der Waals surface area (Å²) in [6.45, 7) is 8.27. The number of rotatable bonds is 7. The van der Waals surface area contributed by atoms with Crippen LogP contribution in [-0.4, -0.2) is 29.3 Å². The van der Waals surface area contributed by atoms with Crippen LogP contribution < -0.4 is 5.32 Å². The molecule has 0 unspecified atom stereocenters. The molecule has 1 N–H and O–H groups in total. The van der Waals surface area contributed by atoms with E-state index in [9.17, 15) is 9.59 Å². The lowest BCUT2D eigenvalue weighted by molar-refractivity contribution is -0.140. The lowest BCUT2D eigenvalue weighted by Crippen LogP contribution is -2.48. The number of nitrogens with one attached hydrogen (secondary N) is 1. The Bertz CT molecular complexity index is 847. The average Bonchev–Trinajstić information content (AvgIpc) is 2.64. The second-order valence-electron chi connectivity index (χ2n) is 6.89. The number of benzene rings is 2. The summed E-state index contributed by atoms with van der Waals surface area (Å²) in [5.74, 6) is -0.364. The molecule has 0 spiro atoms. The van der Waals surface area contributed by atoms with Crippen molar-refractivity contribution in [1.82, 2.24) is 10.2 Å². The monoisotopic (exact) mass is 420 g/mol. The van der Waals surface area contributed by atoms with Crippen molar-refractivity contribution in [3.8, 4) is 0 Å². The summed E-state index contributed by atoms with van der Waals surface area (Å²) in [4.78, 5) is 27.1. The standard InChI is InChI=1S/C22H26Cl2N2O2/c1-5-25-22(28)16(4)26(13-18-19(23)7-6-8-20(18)24)21(27)12-17-10-9-14(2)15(3)11-17/h6-11,16H,5,12-13H2,1-4H3,(H,25,28)/t16-/m1/s1. The van der Waals surface area contributed by atoms with E-state index in [1.165, 1.54) is 10.5 Å². The molecule has 0 radical (unpaired) electrons. The molecular weight excluding hydrogens is 395 g/mol. The van der Waals surface area contributed by atoms with E-state index >= 15 is 0 Å². The molecule has 0 aliphatic rings. The van der Waals surface area contributed by atoms with Crippen LogP contribution >= 0.6 is 23.2 Å². The average molecular weight is 421 g/mol. The quantitative estimate of drug-likeness (QED) is 0.704. The van der Waals surface area contributed by atoms with Gasteiger partial charge in [-0.2, -0.15) is 0 Å². The molecule has 2 aromatic rings. The third-order valence-corrected chi connectivity index (χ3v) is 5.54. The van der Waals surface area contributed by atoms with Crippen LogP contribution in [0.5, 0.6) is 0 Å². The Morgan fingerprint density at radius 1 is 1.07 bits per heavy atom. The highest BCUT2D eigenvalue weighted by atomic mass is 35.5. The molecule has 0 bridgehead atoms. The first kappa shape index (κ1) is 22.3. The summed E-state index contributed by atoms with van der Waals surface area (Å²) in [5.41, 5.74) is 3.84. The van der Waals surface area contributed by atoms with Crippen LogP contribution in [0.1, 0.15) is 36.1 Å². The van der Waals surface area contributed by atoms with Gasteiger partial charge in [0.15, 0.2) is 0 Å². The smallest absolute Gasteiger partial charge is 0.242 e. The molecule has 6 heteroatoms. The largest absolute Gasteiger partial charge is 0.355 e. The first-order chi connectivity index (χ1) is 13.2. The van der Waals surface area contributed by atoms with Crippen LogP contribution in [0.2, 0.25) is 10.0 Å². The summed E-state index contributed by atoms with van der Waals surface area (Å²) in [7, 11) is 0. The van der Waals surface area contributed by atoms with Crippen molar-refractivity contribution in [2.45, 2.75) is 46.7 Å². The Labute approximate surface area is 176 Å². The SMILES string of the molecule is CCNC(=O)[C@@H](C)N(Cc1c(Cl)cccc1Cl)C(=O)Cc1ccc(C)c(C)c1. The van der Waals surface area contributed by atoms with Gasteiger partial charge >= 0.3 is 0 Å². The molecule has 2 amide bonds. The van der Waals surface area contributed by atoms with E-state index in [-0.39, 0.29) is 24.8 Å². The zero-order valence-electron chi connectivity index (χ0n) is 16.7. The maximum atomic E-state index is 13.1. The molecule has 2 rings (SSSR count). The van der Waals surface area contributed by atoms with Crippen molar-refractivity contribution in [2.75, 3.05) is 6.54 Å². The Hall–Kier alpha value is -2.04. The van der Waals surface area contributed by atoms with E-state index in [0.717, 1.165) is 11.1 Å². The van der Waals surface area contributed by atoms with Gasteiger partial charge in [0.25, 0.3) is 0 Å². The van der Waals surface area contributed by atoms with E-state index in [2.05, 4.69) is 5.32 Å². The Morgan fingerprint density at radius 3 is 2.29 bits per heavy atom. The summed E-state index contributed by atoms with van der Waals surface area (Å²) >= 11 is 12.6. The van der Waals surface area contributed by atoms with Crippen LogP contribution in [0, 0.1) is 13.8 Å². The van der Waals surface area contributed by atoms with Gasteiger partial charge in [-0.15, -0.1) is 0 Å². The second kappa shape index (κ2) is 9.94. The van der Waals surface area contributed by atoms with Gasteiger partial charge in [-0.05, 0) is 56.5 Å². The summed E-state index contributed by atoms with van der Waals surface area (Å²) < 4.78 is 0. The first-order valence-electron chi connectivity index (χ1n) is 9.30. The third kappa shape index (κ3) is 5.49. The first-order valence-corrected chi connectivity index (χ1v) is 10.1. The van der Waals surface area contributed by atoms with Gasteiger partial charge < -0.3 is 10.2 Å². The Balaban J connectivity index is 2.32. The minimum absolute atomic E-state index is 0.155. The lowest BCUT2D eigenvalue weighted by atomic mass is 10.0.